The quantitative estimate of drug-likeness (QED) is 0.744. The molecule has 0 spiro atoms. The highest BCUT2D eigenvalue weighted by atomic mass is 32.2. The van der Waals surface area contributed by atoms with Crippen molar-refractivity contribution >= 4 is 23.8 Å². The fourth-order valence-corrected chi connectivity index (χ4v) is 4.25. The van der Waals surface area contributed by atoms with Gasteiger partial charge in [-0.3, -0.25) is 4.79 Å². The SMILES string of the molecule is CSC1CCCC1NC(=O)NC1CCCC(C(=O)O)C1. The summed E-state index contributed by atoms with van der Waals surface area (Å²) in [7, 11) is 0. The zero-order valence-electron chi connectivity index (χ0n) is 11.9. The van der Waals surface area contributed by atoms with Crippen LogP contribution in [0.4, 0.5) is 4.79 Å². The van der Waals surface area contributed by atoms with E-state index in [1.807, 2.05) is 11.8 Å². The Balaban J connectivity index is 1.77. The molecule has 2 saturated carbocycles. The van der Waals surface area contributed by atoms with E-state index >= 15 is 0 Å². The average molecular weight is 300 g/mol. The number of hydrogen-bond donors (Lipinski definition) is 3. The Kier molecular flexibility index (Phi) is 5.57. The molecule has 0 aromatic heterocycles. The van der Waals surface area contributed by atoms with E-state index < -0.39 is 5.97 Å². The molecule has 2 amide bonds. The van der Waals surface area contributed by atoms with Crippen molar-refractivity contribution in [1.82, 2.24) is 10.6 Å². The molecule has 114 valence electrons. The number of carboxylic acid groups (broad SMARTS) is 1. The van der Waals surface area contributed by atoms with Gasteiger partial charge in [0.05, 0.1) is 5.92 Å². The molecule has 20 heavy (non-hydrogen) atoms. The Labute approximate surface area is 124 Å². The highest BCUT2D eigenvalue weighted by Gasteiger charge is 2.30. The average Bonchev–Trinajstić information content (AvgIpc) is 2.86. The Morgan fingerprint density at radius 1 is 1.10 bits per heavy atom. The summed E-state index contributed by atoms with van der Waals surface area (Å²) in [5, 5.41) is 15.6. The van der Waals surface area contributed by atoms with Crippen LogP contribution in [0, 0.1) is 5.92 Å². The van der Waals surface area contributed by atoms with E-state index in [2.05, 4.69) is 16.9 Å². The molecule has 0 saturated heterocycles. The van der Waals surface area contributed by atoms with Gasteiger partial charge in [0.25, 0.3) is 0 Å². The highest BCUT2D eigenvalue weighted by molar-refractivity contribution is 7.99. The van der Waals surface area contributed by atoms with Crippen molar-refractivity contribution in [2.75, 3.05) is 6.26 Å². The molecule has 4 atom stereocenters. The highest BCUT2D eigenvalue weighted by Crippen LogP contribution is 2.28. The lowest BCUT2D eigenvalue weighted by Gasteiger charge is -2.28. The Bertz CT molecular complexity index is 364. The number of carbonyl (C=O) groups is 2. The van der Waals surface area contributed by atoms with Crippen LogP contribution in [0.1, 0.15) is 44.9 Å². The molecule has 2 aliphatic rings. The van der Waals surface area contributed by atoms with Crippen molar-refractivity contribution in [2.24, 2.45) is 5.92 Å². The van der Waals surface area contributed by atoms with Crippen molar-refractivity contribution in [3.8, 4) is 0 Å². The fourth-order valence-electron chi connectivity index (χ4n) is 3.31. The van der Waals surface area contributed by atoms with E-state index in [9.17, 15) is 9.59 Å². The van der Waals surface area contributed by atoms with Gasteiger partial charge in [0.1, 0.15) is 0 Å². The third-order valence-corrected chi connectivity index (χ3v) is 5.60. The van der Waals surface area contributed by atoms with Crippen LogP contribution in [0.15, 0.2) is 0 Å². The molecule has 0 radical (unpaired) electrons. The number of nitrogens with one attached hydrogen (secondary N) is 2. The summed E-state index contributed by atoms with van der Waals surface area (Å²) in [6.07, 6.45) is 8.50. The molecule has 3 N–H and O–H groups in total. The number of carbonyl (C=O) groups excluding carboxylic acids is 1. The summed E-state index contributed by atoms with van der Waals surface area (Å²) >= 11 is 1.81. The first-order chi connectivity index (χ1) is 9.60. The molecule has 0 heterocycles. The van der Waals surface area contributed by atoms with Crippen LogP contribution in [0.3, 0.4) is 0 Å². The summed E-state index contributed by atoms with van der Waals surface area (Å²) in [6.45, 7) is 0. The molecule has 0 bridgehead atoms. The van der Waals surface area contributed by atoms with Crippen LogP contribution in [0.5, 0.6) is 0 Å². The maximum Gasteiger partial charge on any atom is 0.315 e. The number of urea groups is 1. The van der Waals surface area contributed by atoms with Crippen LogP contribution >= 0.6 is 11.8 Å². The van der Waals surface area contributed by atoms with Crippen molar-refractivity contribution in [1.29, 1.82) is 0 Å². The summed E-state index contributed by atoms with van der Waals surface area (Å²) in [5.74, 6) is -1.05. The third-order valence-electron chi connectivity index (χ3n) is 4.43. The standard InChI is InChI=1S/C14H24N2O3S/c1-20-12-7-3-6-11(12)16-14(19)15-10-5-2-4-9(8-10)13(17)18/h9-12H,2-8H2,1H3,(H,17,18)(H2,15,16,19). The largest absolute Gasteiger partial charge is 0.481 e. The normalized spacial score (nSPS) is 33.6. The number of carboxylic acids is 1. The van der Waals surface area contributed by atoms with Gasteiger partial charge in [-0.2, -0.15) is 11.8 Å². The number of aliphatic carboxylic acids is 1. The van der Waals surface area contributed by atoms with Gasteiger partial charge < -0.3 is 15.7 Å². The summed E-state index contributed by atoms with van der Waals surface area (Å²) in [6, 6.07) is 0.120. The number of thioether (sulfide) groups is 1. The minimum atomic E-state index is -0.741. The zero-order chi connectivity index (χ0) is 14.5. The second-order valence-corrected chi connectivity index (χ2v) is 6.90. The molecule has 2 rings (SSSR count). The van der Waals surface area contributed by atoms with Crippen molar-refractivity contribution in [3.05, 3.63) is 0 Å². The van der Waals surface area contributed by atoms with Gasteiger partial charge in [-0.25, -0.2) is 4.79 Å². The second-order valence-electron chi connectivity index (χ2n) is 5.83. The monoisotopic (exact) mass is 300 g/mol. The van der Waals surface area contributed by atoms with E-state index in [0.29, 0.717) is 11.7 Å². The predicted molar refractivity (Wildman–Crippen MR) is 80.0 cm³/mol. The van der Waals surface area contributed by atoms with Gasteiger partial charge in [-0.05, 0) is 38.4 Å². The molecule has 0 aromatic rings. The van der Waals surface area contributed by atoms with Gasteiger partial charge in [0.2, 0.25) is 0 Å². The van der Waals surface area contributed by atoms with E-state index in [0.717, 1.165) is 32.1 Å². The summed E-state index contributed by atoms with van der Waals surface area (Å²) < 4.78 is 0. The molecular weight excluding hydrogens is 276 g/mol. The van der Waals surface area contributed by atoms with E-state index in [1.54, 1.807) is 0 Å². The van der Waals surface area contributed by atoms with Crippen LogP contribution in [-0.2, 0) is 4.79 Å². The predicted octanol–water partition coefficient (Wildman–Crippen LogP) is 2.21. The van der Waals surface area contributed by atoms with Gasteiger partial charge in [-0.15, -0.1) is 0 Å². The van der Waals surface area contributed by atoms with Crippen LogP contribution in [0.25, 0.3) is 0 Å². The Morgan fingerprint density at radius 2 is 1.85 bits per heavy atom. The molecule has 0 aliphatic heterocycles. The summed E-state index contributed by atoms with van der Waals surface area (Å²) in [5.41, 5.74) is 0. The number of hydrogen-bond acceptors (Lipinski definition) is 3. The van der Waals surface area contributed by atoms with Gasteiger partial charge in [-0.1, -0.05) is 12.8 Å². The topological polar surface area (TPSA) is 78.4 Å². The van der Waals surface area contributed by atoms with Gasteiger partial charge in [0, 0.05) is 17.3 Å². The van der Waals surface area contributed by atoms with E-state index in [-0.39, 0.29) is 24.0 Å². The fraction of sp³-hybridized carbons (Fsp3) is 0.857. The zero-order valence-corrected chi connectivity index (χ0v) is 12.7. The lowest BCUT2D eigenvalue weighted by Crippen LogP contribution is -2.49. The molecular formula is C14H24N2O3S. The van der Waals surface area contributed by atoms with Crippen LogP contribution < -0.4 is 10.6 Å². The van der Waals surface area contributed by atoms with Gasteiger partial charge in [0.15, 0.2) is 0 Å². The Hall–Kier alpha value is -0.910. The lowest BCUT2D eigenvalue weighted by molar-refractivity contribution is -0.143. The first-order valence-electron chi connectivity index (χ1n) is 7.42. The number of rotatable bonds is 4. The number of amides is 2. The van der Waals surface area contributed by atoms with E-state index in [4.69, 9.17) is 5.11 Å². The molecule has 6 heteroatoms. The molecule has 2 aliphatic carbocycles. The minimum Gasteiger partial charge on any atom is -0.481 e. The molecule has 0 aromatic carbocycles. The molecule has 4 unspecified atom stereocenters. The van der Waals surface area contributed by atoms with Crippen molar-refractivity contribution in [3.63, 3.8) is 0 Å². The van der Waals surface area contributed by atoms with E-state index in [1.165, 1.54) is 6.42 Å². The lowest BCUT2D eigenvalue weighted by atomic mass is 9.86. The second kappa shape index (κ2) is 7.20. The Morgan fingerprint density at radius 3 is 2.55 bits per heavy atom. The smallest absolute Gasteiger partial charge is 0.315 e. The maximum atomic E-state index is 12.0. The van der Waals surface area contributed by atoms with Crippen molar-refractivity contribution < 1.29 is 14.7 Å². The molecule has 2 fully saturated rings. The maximum absolute atomic E-state index is 12.0. The van der Waals surface area contributed by atoms with Crippen LogP contribution in [0.2, 0.25) is 0 Å². The van der Waals surface area contributed by atoms with Gasteiger partial charge >= 0.3 is 12.0 Å². The minimum absolute atomic E-state index is 0.000942. The van der Waals surface area contributed by atoms with Crippen molar-refractivity contribution in [2.45, 2.75) is 62.3 Å². The first-order valence-corrected chi connectivity index (χ1v) is 8.71. The van der Waals surface area contributed by atoms with Crippen LogP contribution in [-0.4, -0.2) is 40.7 Å². The third kappa shape index (κ3) is 4.04. The molecule has 5 nitrogen and oxygen atoms in total. The summed E-state index contributed by atoms with van der Waals surface area (Å²) in [4.78, 5) is 23.0. The first kappa shape index (κ1) is 15.5.